The first-order valence-corrected chi connectivity index (χ1v) is 5.01. The predicted octanol–water partition coefficient (Wildman–Crippen LogP) is 2.24. The van der Waals surface area contributed by atoms with Crippen LogP contribution in [0.2, 0.25) is 0 Å². The third-order valence-electron chi connectivity index (χ3n) is 2.41. The van der Waals surface area contributed by atoms with Crippen molar-refractivity contribution in [2.24, 2.45) is 0 Å². The lowest BCUT2D eigenvalue weighted by Crippen LogP contribution is -1.94. The van der Waals surface area contributed by atoms with Crippen LogP contribution in [-0.4, -0.2) is 21.0 Å². The molecule has 0 atom stereocenters. The Morgan fingerprint density at radius 2 is 2.17 bits per heavy atom. The Morgan fingerprint density at radius 3 is 2.83 bits per heavy atom. The van der Waals surface area contributed by atoms with Crippen LogP contribution in [0.5, 0.6) is 0 Å². The van der Waals surface area contributed by atoms with Crippen LogP contribution in [0.1, 0.15) is 5.56 Å². The third kappa shape index (κ3) is 2.17. The first-order chi connectivity index (χ1) is 8.59. The van der Waals surface area contributed by atoms with E-state index in [1.807, 2.05) is 0 Å². The lowest BCUT2D eigenvalue weighted by atomic mass is 10.1. The summed E-state index contributed by atoms with van der Waals surface area (Å²) in [4.78, 5) is 24.9. The molecular weight excluding hydrogens is 236 g/mol. The van der Waals surface area contributed by atoms with Gasteiger partial charge in [-0.3, -0.25) is 15.1 Å². The molecule has 0 fully saturated rings. The van der Waals surface area contributed by atoms with Gasteiger partial charge in [0.2, 0.25) is 0 Å². The number of hydrogen-bond donors (Lipinski definition) is 1. The predicted molar refractivity (Wildman–Crippen MR) is 65.1 cm³/mol. The number of benzene rings is 1. The Morgan fingerprint density at radius 1 is 1.39 bits per heavy atom. The van der Waals surface area contributed by atoms with Gasteiger partial charge in [0, 0.05) is 23.9 Å². The Labute approximate surface area is 101 Å². The van der Waals surface area contributed by atoms with Gasteiger partial charge in [-0.15, -0.1) is 0 Å². The zero-order valence-electron chi connectivity index (χ0n) is 9.11. The number of nitro groups is 1. The minimum absolute atomic E-state index is 0.118. The number of fused-ring (bicyclic) bond motifs is 1. The van der Waals surface area contributed by atoms with Crippen molar-refractivity contribution in [1.29, 1.82) is 0 Å². The van der Waals surface area contributed by atoms with Gasteiger partial charge in [-0.25, -0.2) is 4.79 Å². The van der Waals surface area contributed by atoms with Crippen molar-refractivity contribution in [3.63, 3.8) is 0 Å². The molecule has 1 N–H and O–H groups in total. The number of aromatic nitrogens is 1. The summed E-state index contributed by atoms with van der Waals surface area (Å²) >= 11 is 0. The van der Waals surface area contributed by atoms with Gasteiger partial charge in [-0.1, -0.05) is 6.07 Å². The summed E-state index contributed by atoms with van der Waals surface area (Å²) in [5.74, 6) is -1.15. The van der Waals surface area contributed by atoms with Crippen molar-refractivity contribution in [2.45, 2.75) is 0 Å². The number of hydrogen-bond acceptors (Lipinski definition) is 4. The molecule has 90 valence electrons. The quantitative estimate of drug-likeness (QED) is 0.507. The zero-order chi connectivity index (χ0) is 13.1. The Balaban J connectivity index is 2.70. The lowest BCUT2D eigenvalue weighted by Gasteiger charge is -2.02. The number of aliphatic carboxylic acids is 1. The number of pyridine rings is 1. The maximum Gasteiger partial charge on any atom is 0.328 e. The average Bonchev–Trinajstić information content (AvgIpc) is 2.35. The normalized spacial score (nSPS) is 10.9. The van der Waals surface area contributed by atoms with Crippen LogP contribution in [0.4, 0.5) is 5.69 Å². The molecule has 1 heterocycles. The topological polar surface area (TPSA) is 93.3 Å². The molecule has 0 saturated heterocycles. The molecule has 1 aromatic heterocycles. The highest BCUT2D eigenvalue weighted by Gasteiger charge is 2.16. The molecule has 0 aliphatic carbocycles. The van der Waals surface area contributed by atoms with Crippen LogP contribution in [0.15, 0.2) is 36.7 Å². The summed E-state index contributed by atoms with van der Waals surface area (Å²) in [5.41, 5.74) is 0.133. The molecule has 2 rings (SSSR count). The van der Waals surface area contributed by atoms with Crippen LogP contribution in [0.25, 0.3) is 16.8 Å². The highest BCUT2D eigenvalue weighted by atomic mass is 16.6. The van der Waals surface area contributed by atoms with E-state index >= 15 is 0 Å². The molecule has 18 heavy (non-hydrogen) atoms. The van der Waals surface area contributed by atoms with Crippen LogP contribution in [0.3, 0.4) is 0 Å². The van der Waals surface area contributed by atoms with Crippen LogP contribution < -0.4 is 0 Å². The number of nitro benzene ring substituents is 1. The summed E-state index contributed by atoms with van der Waals surface area (Å²) in [6, 6.07) is 4.70. The van der Waals surface area contributed by atoms with E-state index in [1.165, 1.54) is 30.6 Å². The molecule has 0 aliphatic heterocycles. The second-order valence-corrected chi connectivity index (χ2v) is 3.53. The van der Waals surface area contributed by atoms with E-state index < -0.39 is 10.9 Å². The summed E-state index contributed by atoms with van der Waals surface area (Å²) in [7, 11) is 0. The second kappa shape index (κ2) is 4.62. The van der Waals surface area contributed by atoms with Crippen molar-refractivity contribution in [1.82, 2.24) is 4.98 Å². The van der Waals surface area contributed by atoms with Crippen molar-refractivity contribution < 1.29 is 14.8 Å². The fourth-order valence-electron chi connectivity index (χ4n) is 1.67. The molecule has 0 saturated carbocycles. The van der Waals surface area contributed by atoms with E-state index in [-0.39, 0.29) is 11.3 Å². The summed E-state index contributed by atoms with van der Waals surface area (Å²) in [6.07, 6.45) is 5.06. The number of carbonyl (C=O) groups is 1. The van der Waals surface area contributed by atoms with Gasteiger partial charge in [0.05, 0.1) is 15.9 Å². The summed E-state index contributed by atoms with van der Waals surface area (Å²) in [6.45, 7) is 0. The zero-order valence-corrected chi connectivity index (χ0v) is 9.11. The first kappa shape index (κ1) is 11.7. The van der Waals surface area contributed by atoms with Crippen LogP contribution >= 0.6 is 0 Å². The SMILES string of the molecule is O=C(O)/C=C/c1ccc2cnccc2c1[N+](=O)[O-]. The molecule has 0 spiro atoms. The van der Waals surface area contributed by atoms with Gasteiger partial charge < -0.3 is 5.11 Å². The standard InChI is InChI=1S/C12H8N2O4/c15-11(16)4-3-8-1-2-9-7-13-6-5-10(9)12(8)14(17)18/h1-7H,(H,15,16)/b4-3+. The maximum absolute atomic E-state index is 11.1. The smallest absolute Gasteiger partial charge is 0.328 e. The molecule has 0 aliphatic rings. The number of carboxylic acid groups (broad SMARTS) is 1. The van der Waals surface area contributed by atoms with Gasteiger partial charge in [-0.2, -0.15) is 0 Å². The summed E-state index contributed by atoms with van der Waals surface area (Å²) < 4.78 is 0. The van der Waals surface area contributed by atoms with Crippen molar-refractivity contribution in [2.75, 3.05) is 0 Å². The molecule has 0 amide bonds. The minimum atomic E-state index is -1.15. The summed E-state index contributed by atoms with van der Waals surface area (Å²) in [5, 5.41) is 20.7. The Kier molecular flexibility index (Phi) is 3.01. The van der Waals surface area contributed by atoms with Crippen molar-refractivity contribution in [3.8, 4) is 0 Å². The fraction of sp³-hybridized carbons (Fsp3) is 0. The van der Waals surface area contributed by atoms with E-state index in [4.69, 9.17) is 5.11 Å². The lowest BCUT2D eigenvalue weighted by molar-refractivity contribution is -0.383. The van der Waals surface area contributed by atoms with Crippen molar-refractivity contribution >= 4 is 28.5 Å². The monoisotopic (exact) mass is 244 g/mol. The average molecular weight is 244 g/mol. The fourth-order valence-corrected chi connectivity index (χ4v) is 1.67. The molecular formula is C12H8N2O4. The maximum atomic E-state index is 11.1. The van der Waals surface area contributed by atoms with E-state index in [0.29, 0.717) is 10.8 Å². The van der Waals surface area contributed by atoms with Gasteiger partial charge in [0.15, 0.2) is 0 Å². The van der Waals surface area contributed by atoms with Gasteiger partial charge in [0.1, 0.15) is 0 Å². The molecule has 0 radical (unpaired) electrons. The molecule has 6 heteroatoms. The third-order valence-corrected chi connectivity index (χ3v) is 2.41. The van der Waals surface area contributed by atoms with Gasteiger partial charge in [0.25, 0.3) is 5.69 Å². The molecule has 0 bridgehead atoms. The molecule has 1 aromatic carbocycles. The van der Waals surface area contributed by atoms with Crippen LogP contribution in [0, 0.1) is 10.1 Å². The molecule has 0 unspecified atom stereocenters. The largest absolute Gasteiger partial charge is 0.478 e. The minimum Gasteiger partial charge on any atom is -0.478 e. The van der Waals surface area contributed by atoms with Gasteiger partial charge >= 0.3 is 5.97 Å². The second-order valence-electron chi connectivity index (χ2n) is 3.53. The van der Waals surface area contributed by atoms with E-state index in [9.17, 15) is 14.9 Å². The Hall–Kier alpha value is -2.76. The molecule has 2 aromatic rings. The van der Waals surface area contributed by atoms with Crippen LogP contribution in [-0.2, 0) is 4.79 Å². The first-order valence-electron chi connectivity index (χ1n) is 5.01. The van der Waals surface area contributed by atoms with E-state index in [1.54, 1.807) is 6.07 Å². The van der Waals surface area contributed by atoms with Gasteiger partial charge in [-0.05, 0) is 18.2 Å². The molecule has 6 nitrogen and oxygen atoms in total. The highest BCUT2D eigenvalue weighted by molar-refractivity contribution is 5.95. The van der Waals surface area contributed by atoms with Crippen molar-refractivity contribution in [3.05, 3.63) is 52.3 Å². The Bertz CT molecular complexity index is 664. The highest BCUT2D eigenvalue weighted by Crippen LogP contribution is 2.29. The number of rotatable bonds is 3. The van der Waals surface area contributed by atoms with E-state index in [2.05, 4.69) is 4.98 Å². The number of carboxylic acids is 1. The van der Waals surface area contributed by atoms with E-state index in [0.717, 1.165) is 6.08 Å². The number of nitrogens with zero attached hydrogens (tertiary/aromatic N) is 2.